The molecule has 0 spiro atoms. The molecular weight excluding hydrogens is 216 g/mol. The van der Waals surface area contributed by atoms with Crippen LogP contribution in [0.15, 0.2) is 0 Å². The Morgan fingerprint density at radius 2 is 1.80 bits per heavy atom. The monoisotopic (exact) mass is 228 g/mol. The Morgan fingerprint density at radius 3 is 2.20 bits per heavy atom. The van der Waals surface area contributed by atoms with Crippen molar-refractivity contribution < 1.29 is 8.42 Å². The topological polar surface area (TPSA) is 34.1 Å². The molecule has 2 nitrogen and oxygen atoms in total. The zero-order valence-corrected chi connectivity index (χ0v) is 8.54. The highest BCUT2D eigenvalue weighted by Crippen LogP contribution is 2.00. The maximum Gasteiger partial charge on any atom is 0.147 e. The molecule has 0 aromatic rings. The van der Waals surface area contributed by atoms with Crippen molar-refractivity contribution in [3.8, 4) is 0 Å². The SMILES string of the molecule is CS(=O)(=O)CCCCCBr. The third-order valence-corrected chi connectivity index (χ3v) is 2.74. The molecule has 0 heterocycles. The van der Waals surface area contributed by atoms with E-state index in [2.05, 4.69) is 15.9 Å². The molecule has 0 bridgehead atoms. The van der Waals surface area contributed by atoms with Crippen LogP contribution < -0.4 is 0 Å². The minimum Gasteiger partial charge on any atom is -0.229 e. The number of alkyl halides is 1. The van der Waals surface area contributed by atoms with Gasteiger partial charge in [0.05, 0.1) is 0 Å². The number of halogens is 1. The molecule has 0 N–H and O–H groups in total. The van der Waals surface area contributed by atoms with E-state index in [9.17, 15) is 8.42 Å². The summed E-state index contributed by atoms with van der Waals surface area (Å²) in [5.41, 5.74) is 0. The molecule has 10 heavy (non-hydrogen) atoms. The molecule has 0 unspecified atom stereocenters. The van der Waals surface area contributed by atoms with Crippen LogP contribution in [-0.2, 0) is 9.84 Å². The van der Waals surface area contributed by atoms with Crippen LogP contribution in [0.25, 0.3) is 0 Å². The summed E-state index contributed by atoms with van der Waals surface area (Å²) in [6.07, 6.45) is 4.14. The summed E-state index contributed by atoms with van der Waals surface area (Å²) in [4.78, 5) is 0. The number of rotatable bonds is 5. The van der Waals surface area contributed by atoms with Crippen molar-refractivity contribution in [3.63, 3.8) is 0 Å². The molecule has 4 heteroatoms. The first-order valence-corrected chi connectivity index (χ1v) is 6.48. The summed E-state index contributed by atoms with van der Waals surface area (Å²) < 4.78 is 21.2. The second-order valence-corrected chi connectivity index (χ2v) is 5.43. The van der Waals surface area contributed by atoms with Gasteiger partial charge in [-0.05, 0) is 12.8 Å². The highest BCUT2D eigenvalue weighted by molar-refractivity contribution is 9.09. The number of unbranched alkanes of at least 4 members (excludes halogenated alkanes) is 2. The lowest BCUT2D eigenvalue weighted by Crippen LogP contribution is -2.02. The van der Waals surface area contributed by atoms with Crippen molar-refractivity contribution in [2.75, 3.05) is 17.3 Å². The van der Waals surface area contributed by atoms with Crippen LogP contribution in [0.4, 0.5) is 0 Å². The molecule has 0 aromatic carbocycles. The van der Waals surface area contributed by atoms with Gasteiger partial charge in [0.25, 0.3) is 0 Å². The Labute approximate surface area is 71.1 Å². The summed E-state index contributed by atoms with van der Waals surface area (Å²) in [5.74, 6) is 0.333. The average Bonchev–Trinajstić information content (AvgIpc) is 1.78. The molecule has 0 fully saturated rings. The first-order valence-electron chi connectivity index (χ1n) is 3.30. The third-order valence-electron chi connectivity index (χ3n) is 1.15. The Balaban J connectivity index is 3.21. The molecule has 62 valence electrons. The van der Waals surface area contributed by atoms with Crippen LogP contribution in [0.5, 0.6) is 0 Å². The van der Waals surface area contributed by atoms with E-state index < -0.39 is 9.84 Å². The Morgan fingerprint density at radius 1 is 1.20 bits per heavy atom. The molecule has 0 aliphatic heterocycles. The summed E-state index contributed by atoms with van der Waals surface area (Å²) in [5, 5.41) is 0.969. The zero-order valence-electron chi connectivity index (χ0n) is 6.14. The maximum absolute atomic E-state index is 10.6. The van der Waals surface area contributed by atoms with Crippen molar-refractivity contribution in [1.29, 1.82) is 0 Å². The van der Waals surface area contributed by atoms with Crippen LogP contribution in [0.3, 0.4) is 0 Å². The van der Waals surface area contributed by atoms with Crippen LogP contribution in [0.2, 0.25) is 0 Å². The molecule has 0 amide bonds. The lowest BCUT2D eigenvalue weighted by molar-refractivity contribution is 0.597. The molecule has 0 radical (unpaired) electrons. The largest absolute Gasteiger partial charge is 0.229 e. The van der Waals surface area contributed by atoms with Crippen molar-refractivity contribution in [2.24, 2.45) is 0 Å². The van der Waals surface area contributed by atoms with Crippen molar-refractivity contribution in [3.05, 3.63) is 0 Å². The minimum atomic E-state index is -2.72. The van der Waals surface area contributed by atoms with E-state index in [-0.39, 0.29) is 0 Å². The summed E-state index contributed by atoms with van der Waals surface area (Å²) in [6.45, 7) is 0. The average molecular weight is 229 g/mol. The van der Waals surface area contributed by atoms with Crippen LogP contribution in [0.1, 0.15) is 19.3 Å². The quantitative estimate of drug-likeness (QED) is 0.530. The number of sulfone groups is 1. The van der Waals surface area contributed by atoms with Gasteiger partial charge < -0.3 is 0 Å². The van der Waals surface area contributed by atoms with Gasteiger partial charge in [-0.1, -0.05) is 22.4 Å². The normalized spacial score (nSPS) is 11.8. The molecule has 0 saturated carbocycles. The first-order chi connectivity index (χ1) is 4.56. The first kappa shape index (κ1) is 10.4. The zero-order chi connectivity index (χ0) is 8.04. The molecule has 0 aliphatic carbocycles. The Bertz CT molecular complexity index is 163. The van der Waals surface area contributed by atoms with E-state index in [1.54, 1.807) is 0 Å². The van der Waals surface area contributed by atoms with E-state index in [4.69, 9.17) is 0 Å². The predicted molar refractivity (Wildman–Crippen MR) is 47.4 cm³/mol. The lowest BCUT2D eigenvalue weighted by atomic mass is 10.3. The van der Waals surface area contributed by atoms with Gasteiger partial charge in [0.1, 0.15) is 9.84 Å². The van der Waals surface area contributed by atoms with Gasteiger partial charge in [-0.15, -0.1) is 0 Å². The van der Waals surface area contributed by atoms with Crippen molar-refractivity contribution in [2.45, 2.75) is 19.3 Å². The second kappa shape index (κ2) is 5.13. The summed E-state index contributed by atoms with van der Waals surface area (Å²) in [7, 11) is -2.72. The highest BCUT2D eigenvalue weighted by Gasteiger charge is 1.99. The fraction of sp³-hybridized carbons (Fsp3) is 1.00. The van der Waals surface area contributed by atoms with Crippen LogP contribution in [-0.4, -0.2) is 25.8 Å². The molecular formula is C6H13BrO2S. The molecule has 0 atom stereocenters. The standard InChI is InChI=1S/C6H13BrO2S/c1-10(8,9)6-4-2-3-5-7/h2-6H2,1H3. The van der Waals surface area contributed by atoms with E-state index >= 15 is 0 Å². The van der Waals surface area contributed by atoms with Gasteiger partial charge in [0.15, 0.2) is 0 Å². The van der Waals surface area contributed by atoms with E-state index in [0.717, 1.165) is 24.6 Å². The molecule has 0 rings (SSSR count). The van der Waals surface area contributed by atoms with E-state index in [1.807, 2.05) is 0 Å². The van der Waals surface area contributed by atoms with Crippen molar-refractivity contribution in [1.82, 2.24) is 0 Å². The lowest BCUT2D eigenvalue weighted by Gasteiger charge is -1.95. The van der Waals surface area contributed by atoms with Crippen LogP contribution in [0, 0.1) is 0 Å². The van der Waals surface area contributed by atoms with E-state index in [1.165, 1.54) is 6.26 Å². The van der Waals surface area contributed by atoms with Gasteiger partial charge >= 0.3 is 0 Å². The maximum atomic E-state index is 10.6. The number of hydrogen-bond acceptors (Lipinski definition) is 2. The van der Waals surface area contributed by atoms with Gasteiger partial charge in [0, 0.05) is 17.3 Å². The van der Waals surface area contributed by atoms with Gasteiger partial charge in [-0.25, -0.2) is 8.42 Å². The second-order valence-electron chi connectivity index (χ2n) is 2.38. The van der Waals surface area contributed by atoms with Gasteiger partial charge in [-0.3, -0.25) is 0 Å². The highest BCUT2D eigenvalue weighted by atomic mass is 79.9. The number of hydrogen-bond donors (Lipinski definition) is 0. The Hall–Kier alpha value is 0.430. The smallest absolute Gasteiger partial charge is 0.147 e. The summed E-state index contributed by atoms with van der Waals surface area (Å²) >= 11 is 3.28. The minimum absolute atomic E-state index is 0.333. The fourth-order valence-corrected chi connectivity index (χ4v) is 1.76. The van der Waals surface area contributed by atoms with Crippen LogP contribution >= 0.6 is 15.9 Å². The fourth-order valence-electron chi connectivity index (χ4n) is 0.636. The molecule has 0 aliphatic rings. The van der Waals surface area contributed by atoms with Gasteiger partial charge in [0.2, 0.25) is 0 Å². The third kappa shape index (κ3) is 8.43. The van der Waals surface area contributed by atoms with Crippen molar-refractivity contribution >= 4 is 25.8 Å². The molecule has 0 aromatic heterocycles. The Kier molecular flexibility index (Phi) is 5.35. The van der Waals surface area contributed by atoms with Gasteiger partial charge in [-0.2, -0.15) is 0 Å². The van der Waals surface area contributed by atoms with E-state index in [0.29, 0.717) is 5.75 Å². The predicted octanol–water partition coefficient (Wildman–Crippen LogP) is 1.60. The molecule has 0 saturated heterocycles. The summed E-state index contributed by atoms with van der Waals surface area (Å²) in [6, 6.07) is 0.